The quantitative estimate of drug-likeness (QED) is 0.781. The standard InChI is InChI=1S/C15H14N2O2/c1-19-12-5-2-4-11(8-12)9-15-16-10-13-14(18)6-3-7-17(13)15/h2-8,10,18H,9H2,1H3. The van der Waals surface area contributed by atoms with Gasteiger partial charge in [-0.05, 0) is 29.8 Å². The molecule has 0 spiro atoms. The summed E-state index contributed by atoms with van der Waals surface area (Å²) < 4.78 is 7.11. The molecule has 3 rings (SSSR count). The van der Waals surface area contributed by atoms with E-state index in [9.17, 15) is 5.11 Å². The minimum Gasteiger partial charge on any atom is -0.506 e. The molecule has 0 aliphatic carbocycles. The third-order valence-corrected chi connectivity index (χ3v) is 3.12. The van der Waals surface area contributed by atoms with Crippen molar-refractivity contribution in [2.75, 3.05) is 7.11 Å². The summed E-state index contributed by atoms with van der Waals surface area (Å²) in [6, 6.07) is 11.4. The van der Waals surface area contributed by atoms with Crippen molar-refractivity contribution in [1.82, 2.24) is 9.38 Å². The zero-order chi connectivity index (χ0) is 13.2. The van der Waals surface area contributed by atoms with Crippen LogP contribution in [0.15, 0.2) is 48.8 Å². The van der Waals surface area contributed by atoms with Crippen LogP contribution in [-0.4, -0.2) is 21.6 Å². The number of rotatable bonds is 3. The maximum Gasteiger partial charge on any atom is 0.141 e. The lowest BCUT2D eigenvalue weighted by atomic mass is 10.1. The highest BCUT2D eigenvalue weighted by molar-refractivity contribution is 5.58. The molecule has 0 radical (unpaired) electrons. The van der Waals surface area contributed by atoms with Crippen molar-refractivity contribution in [3.05, 3.63) is 60.2 Å². The summed E-state index contributed by atoms with van der Waals surface area (Å²) in [5.74, 6) is 1.97. The molecule has 1 N–H and O–H groups in total. The smallest absolute Gasteiger partial charge is 0.141 e. The van der Waals surface area contributed by atoms with Crippen LogP contribution in [0.1, 0.15) is 11.4 Å². The largest absolute Gasteiger partial charge is 0.506 e. The Hall–Kier alpha value is -2.49. The number of hydrogen-bond acceptors (Lipinski definition) is 3. The molecule has 96 valence electrons. The van der Waals surface area contributed by atoms with Gasteiger partial charge < -0.3 is 14.2 Å². The van der Waals surface area contributed by atoms with Gasteiger partial charge in [0.05, 0.1) is 13.3 Å². The van der Waals surface area contributed by atoms with Gasteiger partial charge in [-0.15, -0.1) is 0 Å². The van der Waals surface area contributed by atoms with Crippen LogP contribution >= 0.6 is 0 Å². The van der Waals surface area contributed by atoms with Crippen LogP contribution in [0.5, 0.6) is 11.5 Å². The van der Waals surface area contributed by atoms with Crippen molar-refractivity contribution < 1.29 is 9.84 Å². The average Bonchev–Trinajstić information content (AvgIpc) is 2.84. The molecule has 2 aromatic heterocycles. The monoisotopic (exact) mass is 254 g/mol. The number of aromatic nitrogens is 2. The second kappa shape index (κ2) is 4.65. The van der Waals surface area contributed by atoms with Crippen LogP contribution in [-0.2, 0) is 6.42 Å². The second-order valence-electron chi connectivity index (χ2n) is 4.35. The number of nitrogens with zero attached hydrogens (tertiary/aromatic N) is 2. The molecule has 4 nitrogen and oxygen atoms in total. The molecule has 3 aromatic rings. The van der Waals surface area contributed by atoms with E-state index in [1.165, 1.54) is 0 Å². The average molecular weight is 254 g/mol. The van der Waals surface area contributed by atoms with Gasteiger partial charge >= 0.3 is 0 Å². The fourth-order valence-corrected chi connectivity index (χ4v) is 2.16. The van der Waals surface area contributed by atoms with E-state index < -0.39 is 0 Å². The van der Waals surface area contributed by atoms with E-state index in [1.54, 1.807) is 25.4 Å². The Morgan fingerprint density at radius 2 is 2.16 bits per heavy atom. The lowest BCUT2D eigenvalue weighted by Crippen LogP contribution is -1.96. The van der Waals surface area contributed by atoms with Crippen molar-refractivity contribution in [2.24, 2.45) is 0 Å². The molecule has 0 amide bonds. The molecule has 0 saturated heterocycles. The molecule has 0 bridgehead atoms. The number of hydrogen-bond donors (Lipinski definition) is 1. The minimum atomic E-state index is 0.242. The summed E-state index contributed by atoms with van der Waals surface area (Å²) in [6.45, 7) is 0. The third kappa shape index (κ3) is 2.12. The summed E-state index contributed by atoms with van der Waals surface area (Å²) >= 11 is 0. The Morgan fingerprint density at radius 3 is 3.00 bits per heavy atom. The molecular formula is C15H14N2O2. The summed E-state index contributed by atoms with van der Waals surface area (Å²) in [4.78, 5) is 4.37. The van der Waals surface area contributed by atoms with Gasteiger partial charge in [0, 0.05) is 12.6 Å². The van der Waals surface area contributed by atoms with E-state index in [4.69, 9.17) is 4.74 Å². The topological polar surface area (TPSA) is 46.8 Å². The van der Waals surface area contributed by atoms with E-state index in [1.807, 2.05) is 34.9 Å². The molecule has 2 heterocycles. The van der Waals surface area contributed by atoms with E-state index >= 15 is 0 Å². The predicted molar refractivity (Wildman–Crippen MR) is 72.7 cm³/mol. The first kappa shape index (κ1) is 11.6. The first-order valence-electron chi connectivity index (χ1n) is 6.05. The number of imidazole rings is 1. The Labute approximate surface area is 110 Å². The number of fused-ring (bicyclic) bond motifs is 1. The third-order valence-electron chi connectivity index (χ3n) is 3.12. The molecule has 0 atom stereocenters. The van der Waals surface area contributed by atoms with Gasteiger partial charge in [0.15, 0.2) is 0 Å². The van der Waals surface area contributed by atoms with Crippen LogP contribution in [0.25, 0.3) is 5.52 Å². The van der Waals surface area contributed by atoms with Gasteiger partial charge in [-0.2, -0.15) is 0 Å². The van der Waals surface area contributed by atoms with Gasteiger partial charge in [-0.25, -0.2) is 4.98 Å². The highest BCUT2D eigenvalue weighted by Crippen LogP contribution is 2.21. The van der Waals surface area contributed by atoms with E-state index in [0.29, 0.717) is 6.42 Å². The van der Waals surface area contributed by atoms with Gasteiger partial charge in [0.1, 0.15) is 22.8 Å². The summed E-state index contributed by atoms with van der Waals surface area (Å²) in [5, 5.41) is 9.75. The van der Waals surface area contributed by atoms with Crippen molar-refractivity contribution >= 4 is 5.52 Å². The molecule has 0 aliphatic rings. The first-order chi connectivity index (χ1) is 9.28. The van der Waals surface area contributed by atoms with Crippen LogP contribution in [0.3, 0.4) is 0 Å². The normalized spacial score (nSPS) is 10.8. The predicted octanol–water partition coefficient (Wildman–Crippen LogP) is 2.64. The molecule has 19 heavy (non-hydrogen) atoms. The number of methoxy groups -OCH3 is 1. The SMILES string of the molecule is COc1cccc(Cc2ncc3c(O)cccn23)c1. The number of benzene rings is 1. The van der Waals surface area contributed by atoms with E-state index in [-0.39, 0.29) is 5.75 Å². The lowest BCUT2D eigenvalue weighted by Gasteiger charge is -2.05. The molecular weight excluding hydrogens is 240 g/mol. The van der Waals surface area contributed by atoms with Crippen molar-refractivity contribution in [3.63, 3.8) is 0 Å². The zero-order valence-corrected chi connectivity index (χ0v) is 10.6. The summed E-state index contributed by atoms with van der Waals surface area (Å²) in [5.41, 5.74) is 1.84. The zero-order valence-electron chi connectivity index (χ0n) is 10.6. The van der Waals surface area contributed by atoms with E-state index in [0.717, 1.165) is 22.7 Å². The Morgan fingerprint density at radius 1 is 1.26 bits per heavy atom. The molecule has 1 aromatic carbocycles. The first-order valence-corrected chi connectivity index (χ1v) is 6.05. The molecule has 4 heteroatoms. The minimum absolute atomic E-state index is 0.242. The Balaban J connectivity index is 1.99. The molecule has 0 unspecified atom stereocenters. The molecule has 0 aliphatic heterocycles. The lowest BCUT2D eigenvalue weighted by molar-refractivity contribution is 0.414. The van der Waals surface area contributed by atoms with Gasteiger partial charge in [0.25, 0.3) is 0 Å². The van der Waals surface area contributed by atoms with Crippen LogP contribution in [0.2, 0.25) is 0 Å². The summed E-state index contributed by atoms with van der Waals surface area (Å²) in [7, 11) is 1.65. The van der Waals surface area contributed by atoms with Gasteiger partial charge in [0.2, 0.25) is 0 Å². The Kier molecular flexibility index (Phi) is 2.83. The summed E-state index contributed by atoms with van der Waals surface area (Å²) in [6.07, 6.45) is 4.28. The number of aromatic hydroxyl groups is 1. The highest BCUT2D eigenvalue weighted by atomic mass is 16.5. The fourth-order valence-electron chi connectivity index (χ4n) is 2.16. The maximum absolute atomic E-state index is 9.75. The highest BCUT2D eigenvalue weighted by Gasteiger charge is 2.07. The fraction of sp³-hybridized carbons (Fsp3) is 0.133. The molecule has 0 fully saturated rings. The number of pyridine rings is 1. The Bertz CT molecular complexity index is 719. The maximum atomic E-state index is 9.75. The number of ether oxygens (including phenoxy) is 1. The van der Waals surface area contributed by atoms with Crippen LogP contribution in [0.4, 0.5) is 0 Å². The van der Waals surface area contributed by atoms with Crippen LogP contribution < -0.4 is 4.74 Å². The van der Waals surface area contributed by atoms with E-state index in [2.05, 4.69) is 4.98 Å². The van der Waals surface area contributed by atoms with Crippen LogP contribution in [0, 0.1) is 0 Å². The van der Waals surface area contributed by atoms with Crippen molar-refractivity contribution in [3.8, 4) is 11.5 Å². The second-order valence-corrected chi connectivity index (χ2v) is 4.35. The van der Waals surface area contributed by atoms with Gasteiger partial charge in [-0.3, -0.25) is 0 Å². The van der Waals surface area contributed by atoms with Crippen molar-refractivity contribution in [1.29, 1.82) is 0 Å². The van der Waals surface area contributed by atoms with Crippen molar-refractivity contribution in [2.45, 2.75) is 6.42 Å². The molecule has 0 saturated carbocycles. The van der Waals surface area contributed by atoms with Gasteiger partial charge in [-0.1, -0.05) is 12.1 Å².